The minimum absolute atomic E-state index is 0.852. The van der Waals surface area contributed by atoms with Crippen LogP contribution in [0.5, 0.6) is 0 Å². The predicted octanol–water partition coefficient (Wildman–Crippen LogP) is 1.67. The zero-order chi connectivity index (χ0) is 11.4. The van der Waals surface area contributed by atoms with Crippen LogP contribution in [0.3, 0.4) is 0 Å². The largest absolute Gasteiger partial charge is 0.258 e. The third-order valence-corrected chi connectivity index (χ3v) is 2.32. The highest BCUT2D eigenvalue weighted by molar-refractivity contribution is 5.08. The molecular formula is C12H14N4. The highest BCUT2D eigenvalue weighted by atomic mass is 15.1. The number of aryl methyl sites for hydroxylation is 4. The van der Waals surface area contributed by atoms with Crippen molar-refractivity contribution in [2.24, 2.45) is 0 Å². The molecule has 0 N–H and O–H groups in total. The molecule has 0 aromatic carbocycles. The number of hydrogen-bond acceptors (Lipinski definition) is 4. The lowest BCUT2D eigenvalue weighted by molar-refractivity contribution is 0.821. The summed E-state index contributed by atoms with van der Waals surface area (Å²) in [5.74, 6) is 0. The van der Waals surface area contributed by atoms with Crippen LogP contribution >= 0.6 is 0 Å². The van der Waals surface area contributed by atoms with E-state index in [1.807, 2.05) is 32.2 Å². The molecule has 0 aliphatic rings. The topological polar surface area (TPSA) is 51.6 Å². The first-order valence-electron chi connectivity index (χ1n) is 5.31. The van der Waals surface area contributed by atoms with E-state index in [-0.39, 0.29) is 0 Å². The van der Waals surface area contributed by atoms with Crippen LogP contribution in [-0.2, 0) is 12.8 Å². The van der Waals surface area contributed by atoms with Gasteiger partial charge in [0.05, 0.1) is 22.8 Å². The first-order chi connectivity index (χ1) is 7.74. The Hall–Kier alpha value is -1.84. The number of aromatic nitrogens is 4. The Morgan fingerprint density at radius 2 is 1.62 bits per heavy atom. The molecule has 2 heterocycles. The second-order valence-corrected chi connectivity index (χ2v) is 3.82. The summed E-state index contributed by atoms with van der Waals surface area (Å²) in [6, 6.07) is 3.98. The molecule has 16 heavy (non-hydrogen) atoms. The summed E-state index contributed by atoms with van der Waals surface area (Å²) in [5.41, 5.74) is 3.87. The highest BCUT2D eigenvalue weighted by Crippen LogP contribution is 2.02. The van der Waals surface area contributed by atoms with E-state index in [1.165, 1.54) is 0 Å². The molecule has 0 saturated carbocycles. The van der Waals surface area contributed by atoms with Gasteiger partial charge in [0.15, 0.2) is 0 Å². The van der Waals surface area contributed by atoms with Gasteiger partial charge in [-0.25, -0.2) is 0 Å². The summed E-state index contributed by atoms with van der Waals surface area (Å²) in [5, 5.41) is 8.13. The van der Waals surface area contributed by atoms with Crippen molar-refractivity contribution >= 4 is 0 Å². The van der Waals surface area contributed by atoms with Crippen molar-refractivity contribution in [2.75, 3.05) is 0 Å². The van der Waals surface area contributed by atoms with Gasteiger partial charge >= 0.3 is 0 Å². The van der Waals surface area contributed by atoms with Gasteiger partial charge in [0.25, 0.3) is 0 Å². The summed E-state index contributed by atoms with van der Waals surface area (Å²) in [6.45, 7) is 3.87. The standard InChI is InChI=1S/C12H14N4/c1-9-3-4-11(16-15-9)5-6-12-8-13-10(2)7-14-12/h3-4,7-8H,5-6H2,1-2H3. The molecule has 2 aromatic rings. The summed E-state index contributed by atoms with van der Waals surface area (Å²) in [4.78, 5) is 8.51. The zero-order valence-electron chi connectivity index (χ0n) is 9.51. The minimum atomic E-state index is 0.852. The number of nitrogens with zero attached hydrogens (tertiary/aromatic N) is 4. The lowest BCUT2D eigenvalue weighted by Crippen LogP contribution is -1.99. The van der Waals surface area contributed by atoms with E-state index in [1.54, 1.807) is 6.20 Å². The molecular weight excluding hydrogens is 200 g/mol. The van der Waals surface area contributed by atoms with Crippen molar-refractivity contribution < 1.29 is 0 Å². The normalized spacial score (nSPS) is 10.4. The Bertz CT molecular complexity index is 402. The summed E-state index contributed by atoms with van der Waals surface area (Å²) in [7, 11) is 0. The molecule has 0 bridgehead atoms. The molecule has 4 heteroatoms. The van der Waals surface area contributed by atoms with Crippen molar-refractivity contribution in [3.05, 3.63) is 47.3 Å². The smallest absolute Gasteiger partial charge is 0.0635 e. The minimum Gasteiger partial charge on any atom is -0.258 e. The molecule has 0 aliphatic heterocycles. The van der Waals surface area contributed by atoms with Crippen molar-refractivity contribution in [3.63, 3.8) is 0 Å². The van der Waals surface area contributed by atoms with E-state index in [0.29, 0.717) is 0 Å². The van der Waals surface area contributed by atoms with Crippen LogP contribution in [0, 0.1) is 13.8 Å². The summed E-state index contributed by atoms with van der Waals surface area (Å²) >= 11 is 0. The third-order valence-electron chi connectivity index (χ3n) is 2.32. The Morgan fingerprint density at radius 3 is 2.25 bits per heavy atom. The SMILES string of the molecule is Cc1cnc(CCc2ccc(C)nn2)cn1. The van der Waals surface area contributed by atoms with Gasteiger partial charge in [0, 0.05) is 12.4 Å². The molecule has 0 spiro atoms. The van der Waals surface area contributed by atoms with Crippen LogP contribution in [0.25, 0.3) is 0 Å². The summed E-state index contributed by atoms with van der Waals surface area (Å²) in [6.07, 6.45) is 5.31. The zero-order valence-corrected chi connectivity index (χ0v) is 9.51. The molecule has 0 aliphatic carbocycles. The van der Waals surface area contributed by atoms with Crippen molar-refractivity contribution in [3.8, 4) is 0 Å². The fraction of sp³-hybridized carbons (Fsp3) is 0.333. The summed E-state index contributed by atoms with van der Waals surface area (Å²) < 4.78 is 0. The Kier molecular flexibility index (Phi) is 3.19. The van der Waals surface area contributed by atoms with Crippen molar-refractivity contribution in [1.29, 1.82) is 0 Å². The Balaban J connectivity index is 1.97. The molecule has 0 atom stereocenters. The Morgan fingerprint density at radius 1 is 0.812 bits per heavy atom. The molecule has 82 valence electrons. The lowest BCUT2D eigenvalue weighted by Gasteiger charge is -2.00. The average molecular weight is 214 g/mol. The maximum Gasteiger partial charge on any atom is 0.0635 e. The van der Waals surface area contributed by atoms with Gasteiger partial charge in [-0.1, -0.05) is 0 Å². The van der Waals surface area contributed by atoms with Crippen molar-refractivity contribution in [2.45, 2.75) is 26.7 Å². The highest BCUT2D eigenvalue weighted by Gasteiger charge is 1.99. The molecule has 0 fully saturated rings. The van der Waals surface area contributed by atoms with Gasteiger partial charge in [-0.3, -0.25) is 9.97 Å². The van der Waals surface area contributed by atoms with E-state index < -0.39 is 0 Å². The molecule has 0 saturated heterocycles. The van der Waals surface area contributed by atoms with Gasteiger partial charge in [-0.05, 0) is 38.8 Å². The maximum absolute atomic E-state index is 4.30. The molecule has 0 unspecified atom stereocenters. The number of hydrogen-bond donors (Lipinski definition) is 0. The molecule has 2 rings (SSSR count). The van der Waals surface area contributed by atoms with Gasteiger partial charge in [-0.15, -0.1) is 0 Å². The second-order valence-electron chi connectivity index (χ2n) is 3.82. The van der Waals surface area contributed by atoms with Crippen LogP contribution in [0.1, 0.15) is 22.8 Å². The Labute approximate surface area is 94.8 Å². The van der Waals surface area contributed by atoms with Crippen LogP contribution < -0.4 is 0 Å². The number of rotatable bonds is 3. The fourth-order valence-corrected chi connectivity index (χ4v) is 1.36. The van der Waals surface area contributed by atoms with Crippen molar-refractivity contribution in [1.82, 2.24) is 20.2 Å². The van der Waals surface area contributed by atoms with Crippen LogP contribution in [-0.4, -0.2) is 20.2 Å². The molecule has 2 aromatic heterocycles. The van der Waals surface area contributed by atoms with Crippen LogP contribution in [0.2, 0.25) is 0 Å². The predicted molar refractivity (Wildman–Crippen MR) is 60.9 cm³/mol. The van der Waals surface area contributed by atoms with E-state index in [4.69, 9.17) is 0 Å². The van der Waals surface area contributed by atoms with Crippen LogP contribution in [0.4, 0.5) is 0 Å². The van der Waals surface area contributed by atoms with Gasteiger partial charge < -0.3 is 0 Å². The fourth-order valence-electron chi connectivity index (χ4n) is 1.36. The van der Waals surface area contributed by atoms with Crippen LogP contribution in [0.15, 0.2) is 24.5 Å². The maximum atomic E-state index is 4.30. The molecule has 0 radical (unpaired) electrons. The lowest BCUT2D eigenvalue weighted by atomic mass is 10.2. The quantitative estimate of drug-likeness (QED) is 0.779. The molecule has 4 nitrogen and oxygen atoms in total. The van der Waals surface area contributed by atoms with Gasteiger partial charge in [-0.2, -0.15) is 10.2 Å². The van der Waals surface area contributed by atoms with E-state index in [0.717, 1.165) is 35.6 Å². The van der Waals surface area contributed by atoms with Gasteiger partial charge in [0.2, 0.25) is 0 Å². The third kappa shape index (κ3) is 2.82. The average Bonchev–Trinajstić information content (AvgIpc) is 2.30. The first kappa shape index (κ1) is 10.7. The second kappa shape index (κ2) is 4.79. The molecule has 0 amide bonds. The van der Waals surface area contributed by atoms with Gasteiger partial charge in [0.1, 0.15) is 0 Å². The van der Waals surface area contributed by atoms with E-state index in [9.17, 15) is 0 Å². The van der Waals surface area contributed by atoms with E-state index >= 15 is 0 Å². The first-order valence-corrected chi connectivity index (χ1v) is 5.31. The monoisotopic (exact) mass is 214 g/mol. The van der Waals surface area contributed by atoms with E-state index in [2.05, 4.69) is 20.2 Å².